The van der Waals surface area contributed by atoms with Crippen molar-refractivity contribution in [2.75, 3.05) is 5.73 Å². The van der Waals surface area contributed by atoms with Gasteiger partial charge in [0.25, 0.3) is 0 Å². The molecule has 0 amide bonds. The molecule has 0 aliphatic carbocycles. The molecule has 0 fully saturated rings. The van der Waals surface area contributed by atoms with Crippen molar-refractivity contribution in [1.29, 1.82) is 0 Å². The molecule has 0 bridgehead atoms. The van der Waals surface area contributed by atoms with E-state index >= 15 is 0 Å². The molecule has 0 aliphatic rings. The number of hydrogen-bond acceptors (Lipinski definition) is 8. The molecule has 1 unspecified atom stereocenters. The molecule has 86 valence electrons. The first-order chi connectivity index (χ1) is 7.69. The zero-order chi connectivity index (χ0) is 11.5. The van der Waals surface area contributed by atoms with Crippen LogP contribution in [0.1, 0.15) is 30.8 Å². The third-order valence-corrected chi connectivity index (χ3v) is 3.77. The molecule has 0 saturated carbocycles. The van der Waals surface area contributed by atoms with E-state index in [1.54, 1.807) is 0 Å². The zero-order valence-electron chi connectivity index (χ0n) is 8.88. The molecule has 0 aromatic carbocycles. The summed E-state index contributed by atoms with van der Waals surface area (Å²) in [6.07, 6.45) is 0.770. The minimum Gasteiger partial charge on any atom is -0.374 e. The largest absolute Gasteiger partial charge is 0.374 e. The highest BCUT2D eigenvalue weighted by Gasteiger charge is 2.17. The zero-order valence-corrected chi connectivity index (χ0v) is 10.5. The van der Waals surface area contributed by atoms with Crippen molar-refractivity contribution in [2.45, 2.75) is 29.9 Å². The minimum atomic E-state index is 0.0557. The first-order valence-electron chi connectivity index (χ1n) is 4.77. The maximum atomic E-state index is 5.50. The first kappa shape index (κ1) is 11.3. The summed E-state index contributed by atoms with van der Waals surface area (Å²) in [4.78, 5) is 4.26. The fourth-order valence-corrected chi connectivity index (χ4v) is 2.86. The normalized spacial score (nSPS) is 12.9. The summed E-state index contributed by atoms with van der Waals surface area (Å²) in [6.45, 7) is 3.97. The Bertz CT molecular complexity index is 468. The van der Waals surface area contributed by atoms with Crippen LogP contribution in [0, 0.1) is 0 Å². The lowest BCUT2D eigenvalue weighted by molar-refractivity contribution is 0.375. The van der Waals surface area contributed by atoms with E-state index in [9.17, 15) is 0 Å². The highest BCUT2D eigenvalue weighted by atomic mass is 32.2. The highest BCUT2D eigenvalue weighted by Crippen LogP contribution is 2.35. The molecule has 16 heavy (non-hydrogen) atoms. The third kappa shape index (κ3) is 2.50. The molecule has 0 radical (unpaired) electrons. The lowest BCUT2D eigenvalue weighted by Crippen LogP contribution is -1.89. The van der Waals surface area contributed by atoms with Gasteiger partial charge in [0.05, 0.1) is 5.25 Å². The Morgan fingerprint density at radius 3 is 2.88 bits per heavy atom. The van der Waals surface area contributed by atoms with Gasteiger partial charge in [-0.2, -0.15) is 4.98 Å². The van der Waals surface area contributed by atoms with E-state index in [2.05, 4.69) is 20.3 Å². The molecule has 0 spiro atoms. The van der Waals surface area contributed by atoms with Crippen LogP contribution in [0.3, 0.4) is 0 Å². The highest BCUT2D eigenvalue weighted by molar-refractivity contribution is 8.01. The van der Waals surface area contributed by atoms with Crippen LogP contribution in [0.25, 0.3) is 0 Å². The Hall–Kier alpha value is -1.15. The second kappa shape index (κ2) is 4.79. The van der Waals surface area contributed by atoms with E-state index in [1.807, 2.05) is 13.8 Å². The van der Waals surface area contributed by atoms with Gasteiger partial charge in [-0.15, -0.1) is 10.2 Å². The number of aromatic nitrogens is 4. The Morgan fingerprint density at radius 2 is 2.31 bits per heavy atom. The van der Waals surface area contributed by atoms with E-state index in [0.29, 0.717) is 11.0 Å². The summed E-state index contributed by atoms with van der Waals surface area (Å²) >= 11 is 2.86. The van der Waals surface area contributed by atoms with Crippen LogP contribution in [0.4, 0.5) is 5.13 Å². The van der Waals surface area contributed by atoms with E-state index in [4.69, 9.17) is 10.3 Å². The number of rotatable bonds is 4. The number of nitrogens with two attached hydrogens (primary N) is 1. The number of nitrogens with zero attached hydrogens (tertiary/aromatic N) is 4. The predicted octanol–water partition coefficient (Wildman–Crippen LogP) is 1.92. The van der Waals surface area contributed by atoms with Gasteiger partial charge in [-0.1, -0.05) is 35.2 Å². The van der Waals surface area contributed by atoms with Gasteiger partial charge < -0.3 is 10.3 Å². The van der Waals surface area contributed by atoms with Crippen LogP contribution in [0.2, 0.25) is 0 Å². The second-order valence-corrected chi connectivity index (χ2v) is 5.67. The van der Waals surface area contributed by atoms with E-state index < -0.39 is 0 Å². The number of nitrogen functional groups attached to an aromatic ring is 1. The van der Waals surface area contributed by atoms with Crippen LogP contribution in [0.15, 0.2) is 8.86 Å². The summed E-state index contributed by atoms with van der Waals surface area (Å²) in [6, 6.07) is 0. The Kier molecular flexibility index (Phi) is 3.39. The number of hydrogen-bond donors (Lipinski definition) is 1. The van der Waals surface area contributed by atoms with Gasteiger partial charge in [0.1, 0.15) is 0 Å². The van der Waals surface area contributed by atoms with E-state index in [0.717, 1.165) is 16.6 Å². The van der Waals surface area contributed by atoms with E-state index in [1.165, 1.54) is 23.1 Å². The van der Waals surface area contributed by atoms with Crippen LogP contribution >= 0.6 is 23.1 Å². The number of thioether (sulfide) groups is 1. The lowest BCUT2D eigenvalue weighted by Gasteiger charge is -2.00. The number of anilines is 1. The van der Waals surface area contributed by atoms with Gasteiger partial charge in [-0.25, -0.2) is 0 Å². The summed E-state index contributed by atoms with van der Waals surface area (Å²) in [7, 11) is 0. The monoisotopic (exact) mass is 257 g/mol. The second-order valence-electron chi connectivity index (χ2n) is 3.07. The molecule has 8 heteroatoms. The molecular weight excluding hydrogens is 246 g/mol. The SMILES string of the molecule is CCc1noc(C(C)Sc2nnc(N)s2)n1. The Balaban J connectivity index is 2.05. The standard InChI is InChI=1S/C8H11N5OS2/c1-3-5-10-6(14-13-5)4(2)15-8-12-11-7(9)16-8/h4H,3H2,1-2H3,(H2,9,11). The summed E-state index contributed by atoms with van der Waals surface area (Å²) < 4.78 is 5.95. The average Bonchev–Trinajstić information content (AvgIpc) is 2.87. The van der Waals surface area contributed by atoms with Gasteiger partial charge in [0, 0.05) is 6.42 Å². The van der Waals surface area contributed by atoms with Crippen molar-refractivity contribution < 1.29 is 4.52 Å². The molecule has 2 heterocycles. The Labute approximate surface area is 101 Å². The van der Waals surface area contributed by atoms with Crippen molar-refractivity contribution in [2.24, 2.45) is 0 Å². The smallest absolute Gasteiger partial charge is 0.239 e. The third-order valence-electron chi connectivity index (χ3n) is 1.85. The van der Waals surface area contributed by atoms with Crippen LogP contribution in [-0.2, 0) is 6.42 Å². The Morgan fingerprint density at radius 1 is 1.50 bits per heavy atom. The van der Waals surface area contributed by atoms with Gasteiger partial charge in [-0.3, -0.25) is 0 Å². The van der Waals surface area contributed by atoms with Gasteiger partial charge in [0.15, 0.2) is 10.2 Å². The van der Waals surface area contributed by atoms with Crippen molar-refractivity contribution in [3.63, 3.8) is 0 Å². The fraction of sp³-hybridized carbons (Fsp3) is 0.500. The molecule has 2 aromatic heterocycles. The summed E-state index contributed by atoms with van der Waals surface area (Å²) in [5.74, 6) is 1.33. The molecule has 6 nitrogen and oxygen atoms in total. The van der Waals surface area contributed by atoms with Crippen molar-refractivity contribution >= 4 is 28.2 Å². The van der Waals surface area contributed by atoms with Crippen molar-refractivity contribution in [3.8, 4) is 0 Å². The molecule has 0 aliphatic heterocycles. The summed E-state index contributed by atoms with van der Waals surface area (Å²) in [5.41, 5.74) is 5.50. The fourth-order valence-electron chi connectivity index (χ4n) is 1.05. The molecule has 2 N–H and O–H groups in total. The average molecular weight is 257 g/mol. The quantitative estimate of drug-likeness (QED) is 0.836. The number of aryl methyl sites for hydroxylation is 1. The lowest BCUT2D eigenvalue weighted by atomic mass is 10.4. The molecule has 2 rings (SSSR count). The maximum absolute atomic E-state index is 5.50. The topological polar surface area (TPSA) is 90.7 Å². The predicted molar refractivity (Wildman–Crippen MR) is 62.3 cm³/mol. The minimum absolute atomic E-state index is 0.0557. The van der Waals surface area contributed by atoms with Crippen molar-refractivity contribution in [1.82, 2.24) is 20.3 Å². The molecule has 0 saturated heterocycles. The van der Waals surface area contributed by atoms with Crippen LogP contribution in [-0.4, -0.2) is 20.3 Å². The van der Waals surface area contributed by atoms with Gasteiger partial charge in [-0.05, 0) is 6.92 Å². The summed E-state index contributed by atoms with van der Waals surface area (Å²) in [5, 5.41) is 12.0. The van der Waals surface area contributed by atoms with Gasteiger partial charge in [0.2, 0.25) is 11.0 Å². The molecule has 1 atom stereocenters. The molecule has 2 aromatic rings. The van der Waals surface area contributed by atoms with E-state index in [-0.39, 0.29) is 5.25 Å². The maximum Gasteiger partial charge on any atom is 0.239 e. The van der Waals surface area contributed by atoms with Gasteiger partial charge >= 0.3 is 0 Å². The molecular formula is C8H11N5OS2. The van der Waals surface area contributed by atoms with Crippen molar-refractivity contribution in [3.05, 3.63) is 11.7 Å². The van der Waals surface area contributed by atoms with Crippen LogP contribution < -0.4 is 5.73 Å². The first-order valence-corrected chi connectivity index (χ1v) is 6.46. The van der Waals surface area contributed by atoms with Crippen LogP contribution in [0.5, 0.6) is 0 Å².